The van der Waals surface area contributed by atoms with Gasteiger partial charge in [0.25, 0.3) is 0 Å². The maximum absolute atomic E-state index is 11.4. The van der Waals surface area contributed by atoms with Crippen LogP contribution in [0.15, 0.2) is 0 Å². The molecule has 2 N–H and O–H groups in total. The van der Waals surface area contributed by atoms with Gasteiger partial charge in [0, 0.05) is 18.8 Å². The molecule has 0 saturated carbocycles. The van der Waals surface area contributed by atoms with Gasteiger partial charge >= 0.3 is 0 Å². The maximum Gasteiger partial charge on any atom is 0.242 e. The normalized spacial score (nSPS) is 40.8. The van der Waals surface area contributed by atoms with E-state index < -0.39 is 0 Å². The van der Waals surface area contributed by atoms with E-state index in [9.17, 15) is 9.59 Å². The lowest BCUT2D eigenvalue weighted by Crippen LogP contribution is -2.36. The van der Waals surface area contributed by atoms with E-state index in [1.165, 1.54) is 23.7 Å². The second-order valence-corrected chi connectivity index (χ2v) is 4.35. The van der Waals surface area contributed by atoms with Crippen LogP contribution in [0.25, 0.3) is 0 Å². The van der Waals surface area contributed by atoms with E-state index in [2.05, 4.69) is 0 Å². The lowest BCUT2D eigenvalue weighted by atomic mass is 10.0. The SMILES string of the molecule is CN1C(=O)C2SCC(N)C2C1=O. The zero-order valence-electron chi connectivity index (χ0n) is 6.69. The van der Waals surface area contributed by atoms with Crippen LogP contribution < -0.4 is 5.73 Å². The molecule has 0 aromatic rings. The molecule has 12 heavy (non-hydrogen) atoms. The van der Waals surface area contributed by atoms with Crippen LogP contribution in [0.3, 0.4) is 0 Å². The first-order chi connectivity index (χ1) is 5.63. The zero-order valence-corrected chi connectivity index (χ0v) is 7.50. The molecule has 2 rings (SSSR count). The summed E-state index contributed by atoms with van der Waals surface area (Å²) in [6.07, 6.45) is 0. The molecule has 0 aromatic carbocycles. The summed E-state index contributed by atoms with van der Waals surface area (Å²) >= 11 is 1.50. The molecule has 0 aliphatic carbocycles. The Labute approximate surface area is 74.5 Å². The molecule has 5 heteroatoms. The van der Waals surface area contributed by atoms with E-state index in [0.717, 1.165) is 5.75 Å². The van der Waals surface area contributed by atoms with E-state index in [1.807, 2.05) is 0 Å². The van der Waals surface area contributed by atoms with Crippen LogP contribution in [0.5, 0.6) is 0 Å². The van der Waals surface area contributed by atoms with Gasteiger partial charge in [0.2, 0.25) is 11.8 Å². The lowest BCUT2D eigenvalue weighted by Gasteiger charge is -2.10. The lowest BCUT2D eigenvalue weighted by molar-refractivity contribution is -0.137. The summed E-state index contributed by atoms with van der Waals surface area (Å²) in [4.78, 5) is 24.0. The van der Waals surface area contributed by atoms with Crippen molar-refractivity contribution in [3.8, 4) is 0 Å². The Morgan fingerprint density at radius 1 is 1.50 bits per heavy atom. The minimum Gasteiger partial charge on any atom is -0.326 e. The summed E-state index contributed by atoms with van der Waals surface area (Å²) in [7, 11) is 1.52. The van der Waals surface area contributed by atoms with Gasteiger partial charge in [0.15, 0.2) is 0 Å². The number of thioether (sulfide) groups is 1. The number of amides is 2. The molecule has 3 unspecified atom stereocenters. The predicted molar refractivity (Wildman–Crippen MR) is 45.5 cm³/mol. The molecule has 0 bridgehead atoms. The van der Waals surface area contributed by atoms with Crippen LogP contribution in [-0.2, 0) is 9.59 Å². The van der Waals surface area contributed by atoms with Gasteiger partial charge in [-0.05, 0) is 0 Å². The first-order valence-electron chi connectivity index (χ1n) is 3.81. The number of hydrogen-bond donors (Lipinski definition) is 1. The summed E-state index contributed by atoms with van der Waals surface area (Å²) in [5.41, 5.74) is 5.71. The summed E-state index contributed by atoms with van der Waals surface area (Å²) in [5, 5.41) is -0.197. The van der Waals surface area contributed by atoms with Gasteiger partial charge in [-0.2, -0.15) is 0 Å². The predicted octanol–water partition coefficient (Wildman–Crippen LogP) is -0.956. The maximum atomic E-state index is 11.4. The molecule has 2 amide bonds. The molecule has 2 saturated heterocycles. The highest BCUT2D eigenvalue weighted by molar-refractivity contribution is 8.01. The summed E-state index contributed by atoms with van der Waals surface area (Å²) in [5.74, 6) is 0.277. The summed E-state index contributed by atoms with van der Waals surface area (Å²) < 4.78 is 0. The second kappa shape index (κ2) is 2.47. The molecule has 2 aliphatic heterocycles. The smallest absolute Gasteiger partial charge is 0.242 e. The summed E-state index contributed by atoms with van der Waals surface area (Å²) in [6, 6.07) is -0.138. The average Bonchev–Trinajstić information content (AvgIpc) is 2.51. The average molecular weight is 186 g/mol. The molecule has 2 heterocycles. The van der Waals surface area contributed by atoms with Crippen molar-refractivity contribution in [2.45, 2.75) is 11.3 Å². The number of nitrogens with zero attached hydrogens (tertiary/aromatic N) is 1. The zero-order chi connectivity index (χ0) is 8.88. The van der Waals surface area contributed by atoms with Crippen LogP contribution in [0.1, 0.15) is 0 Å². The molecule has 0 aromatic heterocycles. The van der Waals surface area contributed by atoms with E-state index in [1.54, 1.807) is 0 Å². The topological polar surface area (TPSA) is 63.4 Å². The number of fused-ring (bicyclic) bond motifs is 1. The molecule has 0 radical (unpaired) electrons. The number of imide groups is 1. The minimum atomic E-state index is -0.257. The standard InChI is InChI=1S/C7H10N2O2S/c1-9-6(10)4-3(8)2-12-5(4)7(9)11/h3-5H,2,8H2,1H3. The van der Waals surface area contributed by atoms with Crippen molar-refractivity contribution in [2.24, 2.45) is 11.7 Å². The molecule has 3 atom stereocenters. The second-order valence-electron chi connectivity index (χ2n) is 3.18. The van der Waals surface area contributed by atoms with Crippen LogP contribution in [-0.4, -0.2) is 40.8 Å². The van der Waals surface area contributed by atoms with Crippen molar-refractivity contribution in [3.63, 3.8) is 0 Å². The van der Waals surface area contributed by atoms with Crippen molar-refractivity contribution in [1.82, 2.24) is 4.90 Å². The number of nitrogens with two attached hydrogens (primary N) is 1. The van der Waals surface area contributed by atoms with E-state index in [-0.39, 0.29) is 29.0 Å². The number of likely N-dealkylation sites (tertiary alicyclic amines) is 1. The molecule has 2 aliphatic rings. The highest BCUT2D eigenvalue weighted by Gasteiger charge is 2.52. The van der Waals surface area contributed by atoms with Gasteiger partial charge in [-0.3, -0.25) is 14.5 Å². The quantitative estimate of drug-likeness (QED) is 0.495. The Balaban J connectivity index is 2.32. The Morgan fingerprint density at radius 3 is 2.75 bits per heavy atom. The van der Waals surface area contributed by atoms with Gasteiger partial charge in [-0.1, -0.05) is 0 Å². The van der Waals surface area contributed by atoms with Crippen LogP contribution in [0.4, 0.5) is 0 Å². The van der Waals surface area contributed by atoms with Crippen LogP contribution in [0, 0.1) is 5.92 Å². The first kappa shape index (κ1) is 8.07. The number of carbonyl (C=O) groups is 2. The van der Waals surface area contributed by atoms with E-state index >= 15 is 0 Å². The molecule has 4 nitrogen and oxygen atoms in total. The van der Waals surface area contributed by atoms with Gasteiger partial charge in [0.1, 0.15) is 0 Å². The molecular weight excluding hydrogens is 176 g/mol. The highest BCUT2D eigenvalue weighted by atomic mass is 32.2. The Morgan fingerprint density at radius 2 is 2.17 bits per heavy atom. The van der Waals surface area contributed by atoms with Crippen molar-refractivity contribution in [3.05, 3.63) is 0 Å². The highest BCUT2D eigenvalue weighted by Crippen LogP contribution is 2.38. The van der Waals surface area contributed by atoms with E-state index in [0.29, 0.717) is 0 Å². The van der Waals surface area contributed by atoms with Crippen LogP contribution in [0.2, 0.25) is 0 Å². The van der Waals surface area contributed by atoms with Crippen molar-refractivity contribution in [2.75, 3.05) is 12.8 Å². The molecular formula is C7H10N2O2S. The van der Waals surface area contributed by atoms with Gasteiger partial charge in [0.05, 0.1) is 11.2 Å². The number of carbonyl (C=O) groups excluding carboxylic acids is 2. The first-order valence-corrected chi connectivity index (χ1v) is 4.86. The van der Waals surface area contributed by atoms with Crippen molar-refractivity contribution in [1.29, 1.82) is 0 Å². The monoisotopic (exact) mass is 186 g/mol. The Kier molecular flexibility index (Phi) is 1.66. The fraction of sp³-hybridized carbons (Fsp3) is 0.714. The fourth-order valence-corrected chi connectivity index (χ4v) is 3.17. The van der Waals surface area contributed by atoms with Gasteiger partial charge in [-0.25, -0.2) is 0 Å². The van der Waals surface area contributed by atoms with Gasteiger partial charge in [-0.15, -0.1) is 11.8 Å². The Hall–Kier alpha value is -0.550. The third kappa shape index (κ3) is 0.834. The largest absolute Gasteiger partial charge is 0.326 e. The molecule has 66 valence electrons. The number of rotatable bonds is 0. The van der Waals surface area contributed by atoms with Crippen molar-refractivity contribution >= 4 is 23.6 Å². The van der Waals surface area contributed by atoms with Crippen molar-refractivity contribution < 1.29 is 9.59 Å². The third-order valence-corrected chi connectivity index (χ3v) is 3.88. The fourth-order valence-electron chi connectivity index (χ4n) is 1.71. The third-order valence-electron chi connectivity index (χ3n) is 2.45. The molecule has 2 fully saturated rings. The van der Waals surface area contributed by atoms with E-state index in [4.69, 9.17) is 5.73 Å². The minimum absolute atomic E-state index is 0.0806. The molecule has 0 spiro atoms. The Bertz CT molecular complexity index is 256. The summed E-state index contributed by atoms with van der Waals surface area (Å²) in [6.45, 7) is 0. The number of hydrogen-bond acceptors (Lipinski definition) is 4. The van der Waals surface area contributed by atoms with Gasteiger partial charge < -0.3 is 5.73 Å². The van der Waals surface area contributed by atoms with Crippen LogP contribution >= 0.6 is 11.8 Å².